The van der Waals surface area contributed by atoms with E-state index in [9.17, 15) is 22.8 Å². The Balaban J connectivity index is 1.46. The Bertz CT molecular complexity index is 1920. The number of ether oxygens (including phenoxy) is 2. The van der Waals surface area contributed by atoms with Crippen molar-refractivity contribution in [3.63, 3.8) is 0 Å². The highest BCUT2D eigenvalue weighted by molar-refractivity contribution is 6.30. The maximum absolute atomic E-state index is 14.8. The quantitative estimate of drug-likeness (QED) is 0.160. The minimum atomic E-state index is -4.62. The molecule has 4 aromatic rings. The number of halogens is 5. The molecule has 0 saturated carbocycles. The highest BCUT2D eigenvalue weighted by Gasteiger charge is 2.44. The lowest BCUT2D eigenvalue weighted by Gasteiger charge is -2.30. The Morgan fingerprint density at radius 1 is 0.902 bits per heavy atom. The summed E-state index contributed by atoms with van der Waals surface area (Å²) in [6, 6.07) is 22.8. The van der Waals surface area contributed by atoms with Gasteiger partial charge in [0.2, 0.25) is 0 Å². The molecular weight excluding hydrogens is 702 g/mol. The van der Waals surface area contributed by atoms with Crippen molar-refractivity contribution in [2.45, 2.75) is 63.6 Å². The molecule has 0 aliphatic carbocycles. The molecule has 1 fully saturated rings. The van der Waals surface area contributed by atoms with Crippen LogP contribution in [0.1, 0.15) is 76.9 Å². The first-order valence-corrected chi connectivity index (χ1v) is 17.3. The van der Waals surface area contributed by atoms with Crippen molar-refractivity contribution in [1.82, 2.24) is 9.80 Å². The molecule has 0 bridgehead atoms. The first kappa shape index (κ1) is 36.4. The summed E-state index contributed by atoms with van der Waals surface area (Å²) in [5.74, 6) is -0.580. The van der Waals surface area contributed by atoms with E-state index in [1.165, 1.54) is 18.1 Å². The van der Waals surface area contributed by atoms with E-state index in [-0.39, 0.29) is 29.2 Å². The summed E-state index contributed by atoms with van der Waals surface area (Å²) in [4.78, 5) is 35.8. The first-order valence-electron chi connectivity index (χ1n) is 16.6. The molecule has 2 heterocycles. The summed E-state index contributed by atoms with van der Waals surface area (Å²) >= 11 is 12.5. The van der Waals surface area contributed by atoms with Crippen LogP contribution in [0.4, 0.5) is 13.2 Å². The number of amidine groups is 1. The van der Waals surface area contributed by atoms with Gasteiger partial charge in [-0.1, -0.05) is 59.6 Å². The molecule has 4 aromatic carbocycles. The van der Waals surface area contributed by atoms with Gasteiger partial charge in [0.05, 0.1) is 30.4 Å². The van der Waals surface area contributed by atoms with Crippen LogP contribution in [0.25, 0.3) is 0 Å². The molecule has 2 aliphatic heterocycles. The molecule has 1 saturated heterocycles. The smallest absolute Gasteiger partial charge is 0.416 e. The Labute approximate surface area is 304 Å². The molecule has 12 heteroatoms. The number of nitrogens with zero attached hydrogens (tertiary/aromatic N) is 3. The van der Waals surface area contributed by atoms with E-state index < -0.39 is 35.8 Å². The van der Waals surface area contributed by atoms with Gasteiger partial charge in [-0.2, -0.15) is 13.2 Å². The summed E-state index contributed by atoms with van der Waals surface area (Å²) in [5.41, 5.74) is 2.05. The third kappa shape index (κ3) is 7.93. The second-order valence-electron chi connectivity index (χ2n) is 12.8. The second kappa shape index (κ2) is 15.1. The van der Waals surface area contributed by atoms with Crippen LogP contribution in [0, 0.1) is 0 Å². The van der Waals surface area contributed by atoms with Gasteiger partial charge >= 0.3 is 12.1 Å². The van der Waals surface area contributed by atoms with Gasteiger partial charge in [-0.15, -0.1) is 0 Å². The van der Waals surface area contributed by atoms with Gasteiger partial charge in [0.25, 0.3) is 5.91 Å². The van der Waals surface area contributed by atoms with E-state index in [1.54, 1.807) is 50.2 Å². The molecule has 51 heavy (non-hydrogen) atoms. The molecule has 266 valence electrons. The Kier molecular flexibility index (Phi) is 10.8. The van der Waals surface area contributed by atoms with E-state index in [1.807, 2.05) is 36.4 Å². The van der Waals surface area contributed by atoms with Crippen molar-refractivity contribution >= 4 is 40.9 Å². The van der Waals surface area contributed by atoms with Crippen LogP contribution < -0.4 is 4.74 Å². The molecule has 3 unspecified atom stereocenters. The number of alkyl halides is 3. The largest absolute Gasteiger partial charge is 0.490 e. The Morgan fingerprint density at radius 3 is 2.12 bits per heavy atom. The van der Waals surface area contributed by atoms with Crippen molar-refractivity contribution in [3.8, 4) is 5.75 Å². The van der Waals surface area contributed by atoms with Crippen LogP contribution in [-0.2, 0) is 22.3 Å². The number of methoxy groups -OCH3 is 1. The van der Waals surface area contributed by atoms with Crippen LogP contribution >= 0.6 is 23.2 Å². The lowest BCUT2D eigenvalue weighted by Crippen LogP contribution is -2.38. The topological polar surface area (TPSA) is 71.4 Å². The van der Waals surface area contributed by atoms with Crippen LogP contribution in [0.2, 0.25) is 10.0 Å². The third-order valence-electron chi connectivity index (χ3n) is 9.04. The summed E-state index contributed by atoms with van der Waals surface area (Å²) in [6.45, 7) is 4.68. The van der Waals surface area contributed by atoms with Gasteiger partial charge < -0.3 is 9.47 Å². The molecule has 7 nitrogen and oxygen atoms in total. The van der Waals surface area contributed by atoms with Gasteiger partial charge in [0, 0.05) is 22.2 Å². The zero-order chi connectivity index (χ0) is 36.4. The molecule has 2 aliphatic rings. The lowest BCUT2D eigenvalue weighted by molar-refractivity contribution is -0.146. The predicted octanol–water partition coefficient (Wildman–Crippen LogP) is 9.32. The Hall–Kier alpha value is -4.38. The molecule has 0 aromatic heterocycles. The number of hydrogen-bond acceptors (Lipinski definition) is 6. The number of esters is 1. The van der Waals surface area contributed by atoms with Crippen molar-refractivity contribution in [2.75, 3.05) is 13.7 Å². The summed E-state index contributed by atoms with van der Waals surface area (Å²) in [5, 5.41) is 1.01. The van der Waals surface area contributed by atoms with Gasteiger partial charge in [-0.3, -0.25) is 24.4 Å². The predicted molar refractivity (Wildman–Crippen MR) is 190 cm³/mol. The van der Waals surface area contributed by atoms with Gasteiger partial charge in [0.1, 0.15) is 23.7 Å². The zero-order valence-corrected chi connectivity index (χ0v) is 29.7. The fraction of sp³-hybridized carbons (Fsp3) is 0.308. The average Bonchev–Trinajstić information content (AvgIpc) is 3.73. The first-order chi connectivity index (χ1) is 24.3. The number of hydrogen-bond donors (Lipinski definition) is 0. The highest BCUT2D eigenvalue weighted by atomic mass is 35.5. The number of likely N-dealkylation sites (tertiary alicyclic amines) is 1. The van der Waals surface area contributed by atoms with E-state index >= 15 is 0 Å². The highest BCUT2D eigenvalue weighted by Crippen LogP contribution is 2.46. The fourth-order valence-corrected chi connectivity index (χ4v) is 6.90. The standard InChI is InChI=1S/C39H36Cl2F3N3O4/c1-23(2)51-33-21-28(39(42,43)44)14-19-31(33)36-45-34(25-10-15-29(40)16-11-25)35(26-12-17-30(41)18-13-26)47(36)37(48)27-8-6-24(7-9-27)22-46-20-4-5-32(46)38(49)50-3/h6-19,21,23,32,34-35H,4-5,20,22H2,1-3H3. The molecule has 1 amide bonds. The van der Waals surface area contributed by atoms with Crippen molar-refractivity contribution in [1.29, 1.82) is 0 Å². The SMILES string of the molecule is COC(=O)C1CCCN1Cc1ccc(C(=O)N2C(c3ccc(C(F)(F)F)cc3OC(C)C)=NC(c3ccc(Cl)cc3)C2c2ccc(Cl)cc2)cc1. The average molecular weight is 739 g/mol. The van der Waals surface area contributed by atoms with Crippen molar-refractivity contribution in [2.24, 2.45) is 4.99 Å². The number of rotatable bonds is 9. The normalized spacial score (nSPS) is 19.4. The maximum atomic E-state index is 14.8. The third-order valence-corrected chi connectivity index (χ3v) is 9.55. The van der Waals surface area contributed by atoms with Crippen LogP contribution in [0.5, 0.6) is 5.75 Å². The number of carbonyl (C=O) groups is 2. The van der Waals surface area contributed by atoms with Gasteiger partial charge in [-0.25, -0.2) is 0 Å². The molecule has 6 rings (SSSR count). The number of carbonyl (C=O) groups excluding carboxylic acids is 2. The van der Waals surface area contributed by atoms with E-state index in [0.29, 0.717) is 34.1 Å². The van der Waals surface area contributed by atoms with Crippen molar-refractivity contribution < 1.29 is 32.2 Å². The summed E-state index contributed by atoms with van der Waals surface area (Å²) in [6.07, 6.45) is -3.50. The molecular formula is C39H36Cl2F3N3O4. The van der Waals surface area contributed by atoms with E-state index in [4.69, 9.17) is 37.7 Å². The minimum absolute atomic E-state index is 0.0518. The van der Waals surface area contributed by atoms with Crippen LogP contribution in [-0.4, -0.2) is 53.3 Å². The minimum Gasteiger partial charge on any atom is -0.490 e. The molecule has 0 spiro atoms. The summed E-state index contributed by atoms with van der Waals surface area (Å²) < 4.78 is 52.7. The maximum Gasteiger partial charge on any atom is 0.416 e. The lowest BCUT2D eigenvalue weighted by atomic mass is 9.93. The Morgan fingerprint density at radius 2 is 1.53 bits per heavy atom. The van der Waals surface area contributed by atoms with Crippen LogP contribution in [0.3, 0.4) is 0 Å². The number of amides is 1. The zero-order valence-electron chi connectivity index (χ0n) is 28.2. The number of benzene rings is 4. The molecule has 3 atom stereocenters. The van der Waals surface area contributed by atoms with Crippen LogP contribution in [0.15, 0.2) is 96.0 Å². The van der Waals surface area contributed by atoms with E-state index in [0.717, 1.165) is 36.2 Å². The molecule has 0 radical (unpaired) electrons. The van der Waals surface area contributed by atoms with Crippen molar-refractivity contribution in [3.05, 3.63) is 134 Å². The monoisotopic (exact) mass is 737 g/mol. The number of aliphatic imine (C=N–C) groups is 1. The van der Waals surface area contributed by atoms with E-state index in [2.05, 4.69) is 4.90 Å². The van der Waals surface area contributed by atoms with Gasteiger partial charge in [-0.05, 0) is 105 Å². The second-order valence-corrected chi connectivity index (χ2v) is 13.7. The fourth-order valence-electron chi connectivity index (χ4n) is 6.65. The molecule has 0 N–H and O–H groups in total. The van der Waals surface area contributed by atoms with Gasteiger partial charge in [0.15, 0.2) is 0 Å². The summed E-state index contributed by atoms with van der Waals surface area (Å²) in [7, 11) is 1.38.